The molecule has 0 radical (unpaired) electrons. The molecule has 1 saturated carbocycles. The van der Waals surface area contributed by atoms with Crippen molar-refractivity contribution in [1.29, 1.82) is 0 Å². The van der Waals surface area contributed by atoms with Crippen LogP contribution in [0.3, 0.4) is 0 Å². The number of carbonyl (C=O) groups is 1. The van der Waals surface area contributed by atoms with Gasteiger partial charge in [0.1, 0.15) is 6.10 Å². The maximum atomic E-state index is 13.7. The third-order valence-electron chi connectivity index (χ3n) is 4.33. The molecule has 0 N–H and O–H groups in total. The molecule has 4 heteroatoms. The molecule has 3 rings (SSSR count). The Bertz CT molecular complexity index is 641. The van der Waals surface area contributed by atoms with Crippen LogP contribution >= 0.6 is 0 Å². The van der Waals surface area contributed by atoms with E-state index >= 15 is 0 Å². The number of para-hydroxylation sites is 1. The lowest BCUT2D eigenvalue weighted by Crippen LogP contribution is -2.32. The topological polar surface area (TPSA) is 39.4 Å². The quantitative estimate of drug-likeness (QED) is 0.786. The van der Waals surface area contributed by atoms with Crippen LogP contribution in [0.25, 0.3) is 11.0 Å². The lowest BCUT2D eigenvalue weighted by molar-refractivity contribution is 0.0293. The number of carbonyl (C=O) groups excluding carboxylic acids is 1. The Hall–Kier alpha value is -1.68. The van der Waals surface area contributed by atoms with Crippen molar-refractivity contribution in [2.75, 3.05) is 7.11 Å². The van der Waals surface area contributed by atoms with Crippen LogP contribution in [0.15, 0.2) is 28.7 Å². The highest BCUT2D eigenvalue weighted by Crippen LogP contribution is 2.31. The van der Waals surface area contributed by atoms with Crippen molar-refractivity contribution in [3.63, 3.8) is 0 Å². The zero-order valence-electron chi connectivity index (χ0n) is 12.1. The van der Waals surface area contributed by atoms with Crippen LogP contribution in [0.5, 0.6) is 0 Å². The number of ketones is 1. The Morgan fingerprint density at radius 2 is 2.10 bits per heavy atom. The molecule has 0 saturated heterocycles. The first kappa shape index (κ1) is 14.3. The van der Waals surface area contributed by atoms with Gasteiger partial charge in [-0.25, -0.2) is 4.39 Å². The molecule has 0 amide bonds. The van der Waals surface area contributed by atoms with Crippen LogP contribution in [0.2, 0.25) is 0 Å². The summed E-state index contributed by atoms with van der Waals surface area (Å²) in [7, 11) is 1.56. The van der Waals surface area contributed by atoms with Gasteiger partial charge in [0.15, 0.2) is 17.2 Å². The van der Waals surface area contributed by atoms with Gasteiger partial charge < -0.3 is 9.15 Å². The average molecular weight is 290 g/mol. The summed E-state index contributed by atoms with van der Waals surface area (Å²) >= 11 is 0. The van der Waals surface area contributed by atoms with Gasteiger partial charge in [-0.3, -0.25) is 4.79 Å². The molecule has 1 aromatic carbocycles. The lowest BCUT2D eigenvalue weighted by Gasteiger charge is -2.27. The van der Waals surface area contributed by atoms with Crippen molar-refractivity contribution in [3.05, 3.63) is 35.8 Å². The SMILES string of the molecule is COC(C(=O)c1cc2cccc(F)c2o1)C1CCCCC1. The van der Waals surface area contributed by atoms with Crippen molar-refractivity contribution < 1.29 is 18.3 Å². The van der Waals surface area contributed by atoms with E-state index in [0.717, 1.165) is 25.7 Å². The molecule has 1 atom stereocenters. The Kier molecular flexibility index (Phi) is 4.06. The maximum absolute atomic E-state index is 13.7. The summed E-state index contributed by atoms with van der Waals surface area (Å²) in [6.07, 6.45) is 4.99. The van der Waals surface area contributed by atoms with E-state index in [2.05, 4.69) is 0 Å². The van der Waals surface area contributed by atoms with Crippen molar-refractivity contribution in [1.82, 2.24) is 0 Å². The average Bonchev–Trinajstić information content (AvgIpc) is 2.95. The van der Waals surface area contributed by atoms with Crippen molar-refractivity contribution in [2.24, 2.45) is 5.92 Å². The van der Waals surface area contributed by atoms with Gasteiger partial charge in [0, 0.05) is 12.5 Å². The van der Waals surface area contributed by atoms with Gasteiger partial charge >= 0.3 is 0 Å². The van der Waals surface area contributed by atoms with E-state index in [9.17, 15) is 9.18 Å². The Morgan fingerprint density at radius 3 is 2.76 bits per heavy atom. The van der Waals surface area contributed by atoms with Crippen molar-refractivity contribution in [3.8, 4) is 0 Å². The van der Waals surface area contributed by atoms with Gasteiger partial charge in [-0.15, -0.1) is 0 Å². The molecule has 1 aromatic heterocycles. The third kappa shape index (κ3) is 2.72. The molecule has 0 bridgehead atoms. The number of furan rings is 1. The number of fused-ring (bicyclic) bond motifs is 1. The van der Waals surface area contributed by atoms with E-state index in [1.165, 1.54) is 12.5 Å². The Morgan fingerprint density at radius 1 is 1.33 bits per heavy atom. The van der Waals surface area contributed by atoms with Gasteiger partial charge in [-0.05, 0) is 30.9 Å². The van der Waals surface area contributed by atoms with E-state index in [-0.39, 0.29) is 23.0 Å². The van der Waals surface area contributed by atoms with E-state index in [1.807, 2.05) is 0 Å². The van der Waals surface area contributed by atoms with Crippen LogP contribution in [-0.4, -0.2) is 19.0 Å². The monoisotopic (exact) mass is 290 g/mol. The number of methoxy groups -OCH3 is 1. The smallest absolute Gasteiger partial charge is 0.226 e. The van der Waals surface area contributed by atoms with E-state index in [1.54, 1.807) is 25.3 Å². The molecule has 1 heterocycles. The maximum Gasteiger partial charge on any atom is 0.226 e. The fourth-order valence-electron chi connectivity index (χ4n) is 3.24. The summed E-state index contributed by atoms with van der Waals surface area (Å²) in [5.74, 6) is -0.208. The van der Waals surface area contributed by atoms with Crippen LogP contribution < -0.4 is 0 Å². The van der Waals surface area contributed by atoms with Crippen LogP contribution in [0.1, 0.15) is 42.7 Å². The number of hydrogen-bond donors (Lipinski definition) is 0. The third-order valence-corrected chi connectivity index (χ3v) is 4.33. The van der Waals surface area contributed by atoms with Gasteiger partial charge in [0.25, 0.3) is 0 Å². The molecule has 1 aliphatic carbocycles. The predicted octanol–water partition coefficient (Wildman–Crippen LogP) is 4.35. The first-order chi connectivity index (χ1) is 10.2. The largest absolute Gasteiger partial charge is 0.450 e. The molecule has 3 nitrogen and oxygen atoms in total. The second-order valence-corrected chi connectivity index (χ2v) is 5.69. The summed E-state index contributed by atoms with van der Waals surface area (Å²) in [4.78, 5) is 12.6. The van der Waals surface area contributed by atoms with E-state index in [4.69, 9.17) is 9.15 Å². The number of ether oxygens (including phenoxy) is 1. The lowest BCUT2D eigenvalue weighted by atomic mass is 9.83. The highest BCUT2D eigenvalue weighted by Gasteiger charge is 2.32. The fraction of sp³-hybridized carbons (Fsp3) is 0.471. The summed E-state index contributed by atoms with van der Waals surface area (Å²) in [6.45, 7) is 0. The highest BCUT2D eigenvalue weighted by atomic mass is 19.1. The summed E-state index contributed by atoms with van der Waals surface area (Å²) in [6, 6.07) is 6.28. The van der Waals surface area contributed by atoms with Crippen LogP contribution in [0.4, 0.5) is 4.39 Å². The molecule has 0 aliphatic heterocycles. The highest BCUT2D eigenvalue weighted by molar-refractivity contribution is 6.00. The zero-order chi connectivity index (χ0) is 14.8. The summed E-state index contributed by atoms with van der Waals surface area (Å²) < 4.78 is 24.5. The van der Waals surface area contributed by atoms with Crippen molar-refractivity contribution >= 4 is 16.8 Å². The molecule has 1 aliphatic rings. The van der Waals surface area contributed by atoms with Crippen LogP contribution in [-0.2, 0) is 4.74 Å². The number of halogens is 1. The second-order valence-electron chi connectivity index (χ2n) is 5.69. The minimum absolute atomic E-state index is 0.138. The Balaban J connectivity index is 1.89. The molecule has 0 spiro atoms. The molecule has 21 heavy (non-hydrogen) atoms. The van der Waals surface area contributed by atoms with E-state index in [0.29, 0.717) is 5.39 Å². The van der Waals surface area contributed by atoms with E-state index < -0.39 is 11.9 Å². The molecular formula is C17H19FO3. The predicted molar refractivity (Wildman–Crippen MR) is 77.9 cm³/mol. The molecule has 2 aromatic rings. The second kappa shape index (κ2) is 5.98. The first-order valence-corrected chi connectivity index (χ1v) is 7.46. The fourth-order valence-corrected chi connectivity index (χ4v) is 3.24. The number of benzene rings is 1. The Labute approximate surface area is 123 Å². The summed E-state index contributed by atoms with van der Waals surface area (Å²) in [5.41, 5.74) is 0.138. The first-order valence-electron chi connectivity index (χ1n) is 7.46. The standard InChI is InChI=1S/C17H19FO3/c1-20-17(11-6-3-2-4-7-11)15(19)14-10-12-8-5-9-13(18)16(12)21-14/h5,8-11,17H,2-4,6-7H2,1H3. The molecule has 1 unspecified atom stereocenters. The number of hydrogen-bond acceptors (Lipinski definition) is 3. The van der Waals surface area contributed by atoms with Gasteiger partial charge in [0.2, 0.25) is 5.78 Å². The normalized spacial score (nSPS) is 18.0. The zero-order valence-corrected chi connectivity index (χ0v) is 12.1. The van der Waals surface area contributed by atoms with Crippen LogP contribution in [0, 0.1) is 11.7 Å². The van der Waals surface area contributed by atoms with Crippen molar-refractivity contribution in [2.45, 2.75) is 38.2 Å². The minimum Gasteiger partial charge on any atom is -0.450 e. The summed E-state index contributed by atoms with van der Waals surface area (Å²) in [5, 5.41) is 0.608. The molecule has 112 valence electrons. The molecular weight excluding hydrogens is 271 g/mol. The van der Waals surface area contributed by atoms with Gasteiger partial charge in [-0.2, -0.15) is 0 Å². The number of Topliss-reactive ketones (excluding diaryl/α,β-unsaturated/α-hetero) is 1. The minimum atomic E-state index is -0.492. The van der Waals surface area contributed by atoms with Gasteiger partial charge in [-0.1, -0.05) is 31.4 Å². The van der Waals surface area contributed by atoms with Gasteiger partial charge in [0.05, 0.1) is 0 Å². The molecule has 1 fully saturated rings. The number of rotatable bonds is 4.